The van der Waals surface area contributed by atoms with Gasteiger partial charge in [0.1, 0.15) is 6.54 Å². The van der Waals surface area contributed by atoms with Gasteiger partial charge in [-0.3, -0.25) is 9.59 Å². The molecule has 0 bridgehead atoms. The van der Waals surface area contributed by atoms with Gasteiger partial charge in [-0.25, -0.2) is 8.42 Å². The number of fused-ring (bicyclic) bond motifs is 1. The van der Waals surface area contributed by atoms with E-state index in [-0.39, 0.29) is 31.9 Å². The number of nitrogens with zero attached hydrogens (tertiary/aromatic N) is 2. The first-order valence-electron chi connectivity index (χ1n) is 8.04. The van der Waals surface area contributed by atoms with Crippen molar-refractivity contribution in [2.24, 2.45) is 4.99 Å². The molecule has 7 nitrogen and oxygen atoms in total. The van der Waals surface area contributed by atoms with Crippen molar-refractivity contribution in [3.05, 3.63) is 56.8 Å². The van der Waals surface area contributed by atoms with E-state index in [2.05, 4.69) is 4.99 Å². The van der Waals surface area contributed by atoms with E-state index >= 15 is 0 Å². The zero-order valence-electron chi connectivity index (χ0n) is 15.2. The molecule has 0 saturated heterocycles. The first kappa shape index (κ1) is 21.5. The van der Waals surface area contributed by atoms with Gasteiger partial charge in [0.2, 0.25) is 0 Å². The third-order valence-corrected chi connectivity index (χ3v) is 6.49. The van der Waals surface area contributed by atoms with Crippen molar-refractivity contribution in [3.8, 4) is 0 Å². The number of carbonyl (C=O) groups excluding carboxylic acids is 2. The first-order valence-corrected chi connectivity index (χ1v) is 11.5. The molecular formula is C18H14Cl2N2O5S2. The highest BCUT2D eigenvalue weighted by Gasteiger charge is 2.16. The van der Waals surface area contributed by atoms with Crippen molar-refractivity contribution in [2.45, 2.75) is 11.4 Å². The van der Waals surface area contributed by atoms with Gasteiger partial charge in [0.15, 0.2) is 14.6 Å². The van der Waals surface area contributed by atoms with Crippen molar-refractivity contribution in [2.75, 3.05) is 13.4 Å². The molecule has 1 heterocycles. The Morgan fingerprint density at radius 2 is 1.79 bits per heavy atom. The summed E-state index contributed by atoms with van der Waals surface area (Å²) >= 11 is 13.0. The van der Waals surface area contributed by atoms with Crippen LogP contribution in [0.2, 0.25) is 10.0 Å². The average Bonchev–Trinajstić information content (AvgIpc) is 2.96. The molecule has 0 atom stereocenters. The van der Waals surface area contributed by atoms with Crippen molar-refractivity contribution in [1.29, 1.82) is 0 Å². The Bertz CT molecular complexity index is 1290. The summed E-state index contributed by atoms with van der Waals surface area (Å²) in [5, 5.41) is 0.570. The lowest BCUT2D eigenvalue weighted by Crippen LogP contribution is -2.22. The number of thiazole rings is 1. The lowest BCUT2D eigenvalue weighted by molar-refractivity contribution is -0.141. The zero-order valence-corrected chi connectivity index (χ0v) is 18.3. The molecule has 11 heteroatoms. The Labute approximate surface area is 180 Å². The molecule has 0 aliphatic heterocycles. The fourth-order valence-corrected chi connectivity index (χ4v) is 4.86. The standard InChI is InChI=1S/C18H14Cl2N2O5S2/c1-27-16(23)9-22-14-4-3-13(29(2,25)26)8-15(14)28-18(22)21-17(24)10-5-11(19)7-12(20)6-10/h3-8H,9H2,1-2H3. The van der Waals surface area contributed by atoms with E-state index in [0.717, 1.165) is 17.6 Å². The SMILES string of the molecule is COC(=O)Cn1c(=NC(=O)c2cc(Cl)cc(Cl)c2)sc2cc(S(C)(=O)=O)ccc21. The summed E-state index contributed by atoms with van der Waals surface area (Å²) in [5.74, 6) is -1.15. The molecule has 0 N–H and O–H groups in total. The second-order valence-corrected chi connectivity index (χ2v) is 9.92. The quantitative estimate of drug-likeness (QED) is 0.542. The minimum absolute atomic E-state index is 0.121. The van der Waals surface area contributed by atoms with E-state index in [9.17, 15) is 18.0 Å². The van der Waals surface area contributed by atoms with Crippen LogP contribution in [-0.4, -0.2) is 38.2 Å². The maximum atomic E-state index is 12.6. The lowest BCUT2D eigenvalue weighted by Gasteiger charge is -2.04. The molecule has 1 amide bonds. The van der Waals surface area contributed by atoms with E-state index in [1.807, 2.05) is 0 Å². The smallest absolute Gasteiger partial charge is 0.325 e. The van der Waals surface area contributed by atoms with Crippen LogP contribution in [0.25, 0.3) is 10.2 Å². The van der Waals surface area contributed by atoms with Crippen LogP contribution < -0.4 is 4.80 Å². The lowest BCUT2D eigenvalue weighted by atomic mass is 10.2. The zero-order chi connectivity index (χ0) is 21.3. The Hall–Kier alpha value is -2.20. The third-order valence-electron chi connectivity index (χ3n) is 3.90. The molecule has 3 aromatic rings. The summed E-state index contributed by atoms with van der Waals surface area (Å²) in [6, 6.07) is 8.82. The van der Waals surface area contributed by atoms with Gasteiger partial charge in [0.25, 0.3) is 5.91 Å². The van der Waals surface area contributed by atoms with Gasteiger partial charge in [-0.15, -0.1) is 0 Å². The molecule has 1 aromatic heterocycles. The summed E-state index contributed by atoms with van der Waals surface area (Å²) in [6.45, 7) is -0.197. The maximum Gasteiger partial charge on any atom is 0.325 e. The van der Waals surface area contributed by atoms with Crippen LogP contribution >= 0.6 is 34.5 Å². The van der Waals surface area contributed by atoms with Crippen LogP contribution in [0.5, 0.6) is 0 Å². The monoisotopic (exact) mass is 472 g/mol. The number of halogens is 2. The molecule has 2 aromatic carbocycles. The highest BCUT2D eigenvalue weighted by Crippen LogP contribution is 2.23. The normalized spacial score (nSPS) is 12.3. The molecule has 0 fully saturated rings. The fraction of sp³-hybridized carbons (Fsp3) is 0.167. The number of ether oxygens (including phenoxy) is 1. The highest BCUT2D eigenvalue weighted by molar-refractivity contribution is 7.90. The predicted octanol–water partition coefficient (Wildman–Crippen LogP) is 3.33. The Balaban J connectivity index is 2.21. The number of esters is 1. The van der Waals surface area contributed by atoms with Gasteiger partial charge >= 0.3 is 5.97 Å². The van der Waals surface area contributed by atoms with Gasteiger partial charge in [-0.1, -0.05) is 34.5 Å². The van der Waals surface area contributed by atoms with Crippen LogP contribution in [0.4, 0.5) is 0 Å². The van der Waals surface area contributed by atoms with Gasteiger partial charge < -0.3 is 9.30 Å². The fourth-order valence-electron chi connectivity index (χ4n) is 2.54. The van der Waals surface area contributed by atoms with Gasteiger partial charge in [-0.2, -0.15) is 4.99 Å². The average molecular weight is 473 g/mol. The third kappa shape index (κ3) is 4.87. The van der Waals surface area contributed by atoms with Crippen LogP contribution in [0, 0.1) is 0 Å². The Kier molecular flexibility index (Phi) is 6.13. The molecule has 3 rings (SSSR count). The number of aromatic nitrogens is 1. The largest absolute Gasteiger partial charge is 0.468 e. The van der Waals surface area contributed by atoms with Gasteiger partial charge in [0.05, 0.1) is 22.2 Å². The van der Waals surface area contributed by atoms with E-state index in [1.165, 1.54) is 42.0 Å². The number of amides is 1. The molecule has 29 heavy (non-hydrogen) atoms. The van der Waals surface area contributed by atoms with E-state index in [4.69, 9.17) is 27.9 Å². The molecule has 0 unspecified atom stereocenters. The van der Waals surface area contributed by atoms with Crippen LogP contribution in [0.1, 0.15) is 10.4 Å². The number of benzene rings is 2. The molecule has 0 spiro atoms. The van der Waals surface area contributed by atoms with Gasteiger partial charge in [-0.05, 0) is 36.4 Å². The summed E-state index contributed by atoms with van der Waals surface area (Å²) in [6.07, 6.45) is 1.10. The summed E-state index contributed by atoms with van der Waals surface area (Å²) in [7, 11) is -2.18. The molecule has 0 saturated carbocycles. The molecule has 0 radical (unpaired) electrons. The number of hydrogen-bond acceptors (Lipinski definition) is 6. The molecule has 0 aliphatic carbocycles. The van der Waals surface area contributed by atoms with E-state index in [0.29, 0.717) is 10.2 Å². The number of carbonyl (C=O) groups is 2. The molecule has 0 aliphatic rings. The van der Waals surface area contributed by atoms with Crippen LogP contribution in [0.3, 0.4) is 0 Å². The van der Waals surface area contributed by atoms with Crippen molar-refractivity contribution in [1.82, 2.24) is 4.57 Å². The van der Waals surface area contributed by atoms with E-state index < -0.39 is 21.7 Å². The molecule has 152 valence electrons. The van der Waals surface area contributed by atoms with Crippen molar-refractivity contribution in [3.63, 3.8) is 0 Å². The second kappa shape index (κ2) is 8.27. The van der Waals surface area contributed by atoms with Crippen LogP contribution in [0.15, 0.2) is 46.3 Å². The topological polar surface area (TPSA) is 94.8 Å². The number of rotatable bonds is 4. The first-order chi connectivity index (χ1) is 13.6. The predicted molar refractivity (Wildman–Crippen MR) is 111 cm³/mol. The summed E-state index contributed by atoms with van der Waals surface area (Å²) < 4.78 is 30.4. The van der Waals surface area contributed by atoms with Crippen molar-refractivity contribution >= 4 is 66.5 Å². The number of sulfone groups is 1. The number of methoxy groups -OCH3 is 1. The summed E-state index contributed by atoms with van der Waals surface area (Å²) in [4.78, 5) is 28.9. The molecular weight excluding hydrogens is 459 g/mol. The maximum absolute atomic E-state index is 12.6. The minimum Gasteiger partial charge on any atom is -0.468 e. The number of hydrogen-bond donors (Lipinski definition) is 0. The highest BCUT2D eigenvalue weighted by atomic mass is 35.5. The van der Waals surface area contributed by atoms with Gasteiger partial charge in [0, 0.05) is 21.9 Å². The summed E-state index contributed by atoms with van der Waals surface area (Å²) in [5.41, 5.74) is 0.727. The minimum atomic E-state index is -3.42. The van der Waals surface area contributed by atoms with Crippen molar-refractivity contribution < 1.29 is 22.7 Å². The second-order valence-electron chi connectivity index (χ2n) is 6.02. The van der Waals surface area contributed by atoms with E-state index in [1.54, 1.807) is 6.07 Å². The van der Waals surface area contributed by atoms with Crippen LogP contribution in [-0.2, 0) is 25.9 Å². The Morgan fingerprint density at radius 1 is 1.14 bits per heavy atom. The Morgan fingerprint density at radius 3 is 2.38 bits per heavy atom.